The Morgan fingerprint density at radius 2 is 2.17 bits per heavy atom. The number of hydrogen-bond donors (Lipinski definition) is 2. The number of aliphatic imine (C=N–C) groups is 1. The number of hydrogen-bond acceptors (Lipinski definition) is 2. The van der Waals surface area contributed by atoms with Crippen molar-refractivity contribution < 1.29 is 4.39 Å². The Kier molecular flexibility index (Phi) is 9.36. The van der Waals surface area contributed by atoms with E-state index in [1.54, 1.807) is 12.3 Å². The molecule has 2 rings (SSSR count). The highest BCUT2D eigenvalue weighted by atomic mass is 127. The Hall–Kier alpha value is -1.64. The second kappa shape index (κ2) is 11.0. The molecule has 0 saturated carbocycles. The Morgan fingerprint density at radius 3 is 2.83 bits per heavy atom. The second-order valence-corrected chi connectivity index (χ2v) is 5.54. The van der Waals surface area contributed by atoms with E-state index in [9.17, 15) is 4.39 Å². The Balaban J connectivity index is 0.00000288. The molecule has 0 aliphatic rings. The summed E-state index contributed by atoms with van der Waals surface area (Å²) in [5.74, 6) is 0.917. The number of nitrogens with one attached hydrogen (secondary N) is 2. The summed E-state index contributed by atoms with van der Waals surface area (Å²) in [6.45, 7) is 7.04. The van der Waals surface area contributed by atoms with Crippen molar-refractivity contribution in [2.75, 3.05) is 13.1 Å². The van der Waals surface area contributed by atoms with E-state index < -0.39 is 0 Å². The Labute approximate surface area is 159 Å². The van der Waals surface area contributed by atoms with Crippen LogP contribution in [0.3, 0.4) is 0 Å². The van der Waals surface area contributed by atoms with Crippen LogP contribution in [0, 0.1) is 11.7 Å². The standard InChI is InChI=1S/C17H24FN5.HI/c1-3-19-17(21-12-15-6-4-7-16(18)10-15)20-11-14(2)13-23-9-5-8-22-23;/h4-10,14H,3,11-13H2,1-2H3,(H2,19,20,21);1H. The number of aromatic nitrogens is 2. The third-order valence-electron chi connectivity index (χ3n) is 3.33. The fourth-order valence-corrected chi connectivity index (χ4v) is 2.21. The molecule has 0 radical (unpaired) electrons. The van der Waals surface area contributed by atoms with Gasteiger partial charge in [-0.2, -0.15) is 5.10 Å². The van der Waals surface area contributed by atoms with Crippen LogP contribution in [0.25, 0.3) is 0 Å². The highest BCUT2D eigenvalue weighted by molar-refractivity contribution is 14.0. The second-order valence-electron chi connectivity index (χ2n) is 5.54. The molecule has 132 valence electrons. The van der Waals surface area contributed by atoms with Gasteiger partial charge in [-0.25, -0.2) is 9.38 Å². The monoisotopic (exact) mass is 445 g/mol. The van der Waals surface area contributed by atoms with Gasteiger partial charge in [0.2, 0.25) is 0 Å². The first-order chi connectivity index (χ1) is 11.2. The van der Waals surface area contributed by atoms with Crippen LogP contribution in [0.15, 0.2) is 47.7 Å². The average Bonchev–Trinajstić information content (AvgIpc) is 3.03. The molecule has 1 atom stereocenters. The van der Waals surface area contributed by atoms with Crippen LogP contribution < -0.4 is 10.6 Å². The first-order valence-corrected chi connectivity index (χ1v) is 7.91. The summed E-state index contributed by atoms with van der Waals surface area (Å²) in [6.07, 6.45) is 3.74. The van der Waals surface area contributed by atoms with Crippen molar-refractivity contribution in [2.45, 2.75) is 26.9 Å². The quantitative estimate of drug-likeness (QED) is 0.392. The summed E-state index contributed by atoms with van der Waals surface area (Å²) >= 11 is 0. The molecule has 2 aromatic rings. The van der Waals surface area contributed by atoms with Crippen LogP contribution in [0.2, 0.25) is 0 Å². The summed E-state index contributed by atoms with van der Waals surface area (Å²) < 4.78 is 15.1. The van der Waals surface area contributed by atoms with Crippen LogP contribution in [0.5, 0.6) is 0 Å². The number of halogens is 2. The minimum atomic E-state index is -0.233. The number of nitrogens with zero attached hydrogens (tertiary/aromatic N) is 3. The SMILES string of the molecule is CCNC(=NCc1cccc(F)c1)NCC(C)Cn1cccn1.I. The molecule has 2 N–H and O–H groups in total. The van der Waals surface area contributed by atoms with E-state index in [2.05, 4.69) is 27.6 Å². The number of rotatable bonds is 7. The van der Waals surface area contributed by atoms with Crippen molar-refractivity contribution in [1.29, 1.82) is 0 Å². The molecule has 0 aliphatic carbocycles. The zero-order valence-electron chi connectivity index (χ0n) is 14.1. The highest BCUT2D eigenvalue weighted by Crippen LogP contribution is 2.04. The van der Waals surface area contributed by atoms with Crippen LogP contribution in [0.1, 0.15) is 19.4 Å². The average molecular weight is 445 g/mol. The molecule has 0 aliphatic heterocycles. The largest absolute Gasteiger partial charge is 0.357 e. The minimum Gasteiger partial charge on any atom is -0.357 e. The summed E-state index contributed by atoms with van der Waals surface area (Å²) in [6, 6.07) is 8.44. The van der Waals surface area contributed by atoms with Crippen molar-refractivity contribution in [3.8, 4) is 0 Å². The van der Waals surface area contributed by atoms with Gasteiger partial charge in [0.1, 0.15) is 5.82 Å². The lowest BCUT2D eigenvalue weighted by Gasteiger charge is -2.16. The molecular formula is C17H25FIN5. The maximum Gasteiger partial charge on any atom is 0.191 e. The molecule has 1 aromatic heterocycles. The van der Waals surface area contributed by atoms with Crippen LogP contribution >= 0.6 is 24.0 Å². The van der Waals surface area contributed by atoms with E-state index >= 15 is 0 Å². The van der Waals surface area contributed by atoms with Gasteiger partial charge in [0.15, 0.2) is 5.96 Å². The molecule has 1 aromatic carbocycles. The normalized spacial score (nSPS) is 12.4. The predicted molar refractivity (Wildman–Crippen MR) is 106 cm³/mol. The van der Waals surface area contributed by atoms with Gasteiger partial charge in [-0.15, -0.1) is 24.0 Å². The van der Waals surface area contributed by atoms with E-state index in [1.165, 1.54) is 12.1 Å². The lowest BCUT2D eigenvalue weighted by Crippen LogP contribution is -2.40. The Bertz CT molecular complexity index is 615. The fourth-order valence-electron chi connectivity index (χ4n) is 2.21. The van der Waals surface area contributed by atoms with Crippen molar-refractivity contribution >= 4 is 29.9 Å². The van der Waals surface area contributed by atoms with Crippen LogP contribution in [0.4, 0.5) is 4.39 Å². The van der Waals surface area contributed by atoms with Gasteiger partial charge in [0.05, 0.1) is 6.54 Å². The summed E-state index contributed by atoms with van der Waals surface area (Å²) in [5, 5.41) is 10.7. The zero-order valence-corrected chi connectivity index (χ0v) is 16.4. The van der Waals surface area contributed by atoms with Gasteiger partial charge >= 0.3 is 0 Å². The van der Waals surface area contributed by atoms with Crippen molar-refractivity contribution in [2.24, 2.45) is 10.9 Å². The number of guanidine groups is 1. The first-order valence-electron chi connectivity index (χ1n) is 7.91. The minimum absolute atomic E-state index is 0. The summed E-state index contributed by atoms with van der Waals surface area (Å²) in [5.41, 5.74) is 0.854. The topological polar surface area (TPSA) is 54.2 Å². The molecule has 5 nitrogen and oxygen atoms in total. The zero-order chi connectivity index (χ0) is 16.5. The van der Waals surface area contributed by atoms with Crippen molar-refractivity contribution in [3.05, 3.63) is 54.1 Å². The van der Waals surface area contributed by atoms with Crippen LogP contribution in [-0.2, 0) is 13.1 Å². The smallest absolute Gasteiger partial charge is 0.191 e. The van der Waals surface area contributed by atoms with Crippen molar-refractivity contribution in [3.63, 3.8) is 0 Å². The van der Waals surface area contributed by atoms with Gasteiger partial charge < -0.3 is 10.6 Å². The Morgan fingerprint density at radius 1 is 1.33 bits per heavy atom. The van der Waals surface area contributed by atoms with Crippen LogP contribution in [-0.4, -0.2) is 28.8 Å². The predicted octanol–water partition coefficient (Wildman–Crippen LogP) is 3.03. The molecule has 0 saturated heterocycles. The maximum atomic E-state index is 13.2. The molecule has 0 amide bonds. The van der Waals surface area contributed by atoms with Crippen molar-refractivity contribution in [1.82, 2.24) is 20.4 Å². The van der Waals surface area contributed by atoms with Gasteiger partial charge in [0, 0.05) is 32.0 Å². The van der Waals surface area contributed by atoms with E-state index in [4.69, 9.17) is 0 Å². The van der Waals surface area contributed by atoms with Gasteiger partial charge in [-0.05, 0) is 36.6 Å². The van der Waals surface area contributed by atoms with E-state index in [0.29, 0.717) is 12.5 Å². The molecule has 24 heavy (non-hydrogen) atoms. The van der Waals surface area contributed by atoms with Gasteiger partial charge in [-0.3, -0.25) is 4.68 Å². The summed E-state index contributed by atoms with van der Waals surface area (Å²) in [7, 11) is 0. The maximum absolute atomic E-state index is 13.2. The lowest BCUT2D eigenvalue weighted by atomic mass is 10.2. The third-order valence-corrected chi connectivity index (χ3v) is 3.33. The molecule has 1 unspecified atom stereocenters. The first kappa shape index (κ1) is 20.4. The lowest BCUT2D eigenvalue weighted by molar-refractivity contribution is 0.443. The van der Waals surface area contributed by atoms with E-state index in [1.807, 2.05) is 29.9 Å². The van der Waals surface area contributed by atoms with Gasteiger partial charge in [-0.1, -0.05) is 19.1 Å². The summed E-state index contributed by atoms with van der Waals surface area (Å²) in [4.78, 5) is 4.50. The molecule has 1 heterocycles. The molecule has 0 bridgehead atoms. The fraction of sp³-hybridized carbons (Fsp3) is 0.412. The third kappa shape index (κ3) is 7.29. The highest BCUT2D eigenvalue weighted by Gasteiger charge is 2.05. The molecule has 0 spiro atoms. The van der Waals surface area contributed by atoms with E-state index in [0.717, 1.165) is 31.2 Å². The molecule has 7 heteroatoms. The molecular weight excluding hydrogens is 420 g/mol. The van der Waals surface area contributed by atoms with E-state index in [-0.39, 0.29) is 29.8 Å². The number of benzene rings is 1. The van der Waals surface area contributed by atoms with Gasteiger partial charge in [0.25, 0.3) is 0 Å². The molecule has 0 fully saturated rings.